The maximum Gasteiger partial charge on any atom is 0.00931 e. The molecule has 1 heteroatoms. The molecule has 1 aliphatic heterocycles. The average molecular weight is 169 g/mol. The van der Waals surface area contributed by atoms with E-state index in [1.54, 1.807) is 0 Å². The maximum absolute atomic E-state index is 2.68. The highest BCUT2D eigenvalue weighted by Gasteiger charge is 2.21. The Kier molecular flexibility index (Phi) is 4.07. The summed E-state index contributed by atoms with van der Waals surface area (Å²) in [5, 5.41) is 0. The van der Waals surface area contributed by atoms with Crippen LogP contribution in [0, 0.1) is 5.92 Å². The standard InChI is InChI=1S/C11H23N/c1-4-11-6-5-8-12(11)9-7-10(2)3/h10-11H,4-9H2,1-3H3. The molecule has 72 valence electrons. The van der Waals surface area contributed by atoms with Crippen molar-refractivity contribution in [1.29, 1.82) is 0 Å². The van der Waals surface area contributed by atoms with Crippen LogP contribution in [0.3, 0.4) is 0 Å². The predicted octanol–water partition coefficient (Wildman–Crippen LogP) is 2.91. The van der Waals surface area contributed by atoms with Gasteiger partial charge in [-0.2, -0.15) is 0 Å². The van der Waals surface area contributed by atoms with Crippen molar-refractivity contribution in [2.45, 2.75) is 52.5 Å². The Morgan fingerprint density at radius 2 is 2.17 bits per heavy atom. The van der Waals surface area contributed by atoms with E-state index in [-0.39, 0.29) is 0 Å². The molecule has 1 nitrogen and oxygen atoms in total. The second-order valence-corrected chi connectivity index (χ2v) is 4.42. The Morgan fingerprint density at radius 1 is 1.42 bits per heavy atom. The highest BCUT2D eigenvalue weighted by atomic mass is 15.2. The third kappa shape index (κ3) is 2.78. The van der Waals surface area contributed by atoms with Gasteiger partial charge in [0.25, 0.3) is 0 Å². The molecule has 0 aromatic rings. The second-order valence-electron chi connectivity index (χ2n) is 4.42. The summed E-state index contributed by atoms with van der Waals surface area (Å²) >= 11 is 0. The van der Waals surface area contributed by atoms with E-state index in [0.717, 1.165) is 12.0 Å². The van der Waals surface area contributed by atoms with Gasteiger partial charge < -0.3 is 4.90 Å². The molecule has 1 saturated heterocycles. The predicted molar refractivity (Wildman–Crippen MR) is 54.3 cm³/mol. The summed E-state index contributed by atoms with van der Waals surface area (Å²) in [6, 6.07) is 0.906. The smallest absolute Gasteiger partial charge is 0.00931 e. The zero-order valence-corrected chi connectivity index (χ0v) is 8.84. The van der Waals surface area contributed by atoms with E-state index in [4.69, 9.17) is 0 Å². The van der Waals surface area contributed by atoms with Gasteiger partial charge in [-0.15, -0.1) is 0 Å². The first kappa shape index (κ1) is 10.0. The maximum atomic E-state index is 2.68. The van der Waals surface area contributed by atoms with Gasteiger partial charge in [0.15, 0.2) is 0 Å². The molecule has 0 spiro atoms. The summed E-state index contributed by atoms with van der Waals surface area (Å²) < 4.78 is 0. The van der Waals surface area contributed by atoms with E-state index in [1.165, 1.54) is 38.8 Å². The van der Waals surface area contributed by atoms with Crippen LogP contribution in [0.4, 0.5) is 0 Å². The fourth-order valence-electron chi connectivity index (χ4n) is 2.08. The van der Waals surface area contributed by atoms with Gasteiger partial charge in [0.1, 0.15) is 0 Å². The quantitative estimate of drug-likeness (QED) is 0.625. The molecule has 0 radical (unpaired) electrons. The summed E-state index contributed by atoms with van der Waals surface area (Å²) in [6.45, 7) is 9.63. The summed E-state index contributed by atoms with van der Waals surface area (Å²) in [5.74, 6) is 0.864. The molecule has 0 N–H and O–H groups in total. The van der Waals surface area contributed by atoms with E-state index < -0.39 is 0 Å². The van der Waals surface area contributed by atoms with Crippen LogP contribution in [0.25, 0.3) is 0 Å². The van der Waals surface area contributed by atoms with Crippen molar-refractivity contribution in [2.75, 3.05) is 13.1 Å². The normalized spacial score (nSPS) is 25.5. The van der Waals surface area contributed by atoms with E-state index in [2.05, 4.69) is 25.7 Å². The van der Waals surface area contributed by atoms with E-state index in [9.17, 15) is 0 Å². The molecule has 0 bridgehead atoms. The van der Waals surface area contributed by atoms with E-state index in [0.29, 0.717) is 0 Å². The molecule has 0 aliphatic carbocycles. The van der Waals surface area contributed by atoms with Gasteiger partial charge in [0, 0.05) is 6.04 Å². The van der Waals surface area contributed by atoms with E-state index in [1.807, 2.05) is 0 Å². The van der Waals surface area contributed by atoms with Crippen LogP contribution in [-0.2, 0) is 0 Å². The van der Waals surface area contributed by atoms with Crippen molar-refractivity contribution in [3.8, 4) is 0 Å². The van der Waals surface area contributed by atoms with Gasteiger partial charge in [0.2, 0.25) is 0 Å². The number of hydrogen-bond donors (Lipinski definition) is 0. The van der Waals surface area contributed by atoms with Crippen LogP contribution in [0.5, 0.6) is 0 Å². The first-order valence-corrected chi connectivity index (χ1v) is 5.48. The zero-order chi connectivity index (χ0) is 8.97. The Morgan fingerprint density at radius 3 is 2.75 bits per heavy atom. The van der Waals surface area contributed by atoms with Crippen LogP contribution >= 0.6 is 0 Å². The van der Waals surface area contributed by atoms with Gasteiger partial charge in [-0.1, -0.05) is 20.8 Å². The minimum absolute atomic E-state index is 0.864. The Hall–Kier alpha value is -0.0400. The molecule has 0 aromatic carbocycles. The molecule has 0 amide bonds. The zero-order valence-electron chi connectivity index (χ0n) is 8.84. The van der Waals surface area contributed by atoms with Crippen LogP contribution < -0.4 is 0 Å². The van der Waals surface area contributed by atoms with Gasteiger partial charge in [-0.05, 0) is 44.7 Å². The molecule has 1 atom stereocenters. The third-order valence-electron chi connectivity index (χ3n) is 2.96. The summed E-state index contributed by atoms with van der Waals surface area (Å²) in [7, 11) is 0. The van der Waals surface area contributed by atoms with Gasteiger partial charge in [-0.25, -0.2) is 0 Å². The van der Waals surface area contributed by atoms with Crippen LogP contribution in [-0.4, -0.2) is 24.0 Å². The van der Waals surface area contributed by atoms with Crippen molar-refractivity contribution >= 4 is 0 Å². The molecule has 0 saturated carbocycles. The molecular weight excluding hydrogens is 146 g/mol. The average Bonchev–Trinajstić information content (AvgIpc) is 2.47. The van der Waals surface area contributed by atoms with Gasteiger partial charge >= 0.3 is 0 Å². The molecule has 1 unspecified atom stereocenters. The van der Waals surface area contributed by atoms with Gasteiger partial charge in [-0.3, -0.25) is 0 Å². The minimum atomic E-state index is 0.864. The first-order chi connectivity index (χ1) is 5.74. The minimum Gasteiger partial charge on any atom is -0.300 e. The van der Waals surface area contributed by atoms with Crippen LogP contribution in [0.1, 0.15) is 46.5 Å². The van der Waals surface area contributed by atoms with Gasteiger partial charge in [0.05, 0.1) is 0 Å². The Labute approximate surface area is 77.1 Å². The lowest BCUT2D eigenvalue weighted by Gasteiger charge is -2.23. The lowest BCUT2D eigenvalue weighted by Crippen LogP contribution is -2.30. The van der Waals surface area contributed by atoms with Crippen molar-refractivity contribution in [1.82, 2.24) is 4.90 Å². The van der Waals surface area contributed by atoms with Crippen molar-refractivity contribution in [3.63, 3.8) is 0 Å². The highest BCUT2D eigenvalue weighted by molar-refractivity contribution is 4.77. The van der Waals surface area contributed by atoms with Crippen molar-refractivity contribution in [3.05, 3.63) is 0 Å². The summed E-state index contributed by atoms with van der Waals surface area (Å²) in [6.07, 6.45) is 5.58. The lowest BCUT2D eigenvalue weighted by atomic mass is 10.1. The highest BCUT2D eigenvalue weighted by Crippen LogP contribution is 2.20. The molecule has 12 heavy (non-hydrogen) atoms. The first-order valence-electron chi connectivity index (χ1n) is 5.48. The fraction of sp³-hybridized carbons (Fsp3) is 1.00. The molecule has 1 rings (SSSR count). The number of rotatable bonds is 4. The Balaban J connectivity index is 2.21. The SMILES string of the molecule is CCC1CCCN1CCC(C)C. The topological polar surface area (TPSA) is 3.24 Å². The van der Waals surface area contributed by atoms with Crippen molar-refractivity contribution in [2.24, 2.45) is 5.92 Å². The number of likely N-dealkylation sites (tertiary alicyclic amines) is 1. The summed E-state index contributed by atoms with van der Waals surface area (Å²) in [5.41, 5.74) is 0. The lowest BCUT2D eigenvalue weighted by molar-refractivity contribution is 0.234. The van der Waals surface area contributed by atoms with Crippen LogP contribution in [0.15, 0.2) is 0 Å². The molecular formula is C11H23N. The molecule has 1 fully saturated rings. The number of hydrogen-bond acceptors (Lipinski definition) is 1. The monoisotopic (exact) mass is 169 g/mol. The Bertz CT molecular complexity index is 120. The molecule has 0 aromatic heterocycles. The van der Waals surface area contributed by atoms with Crippen molar-refractivity contribution < 1.29 is 0 Å². The van der Waals surface area contributed by atoms with E-state index >= 15 is 0 Å². The largest absolute Gasteiger partial charge is 0.300 e. The third-order valence-corrected chi connectivity index (χ3v) is 2.96. The number of nitrogens with zero attached hydrogens (tertiary/aromatic N) is 1. The van der Waals surface area contributed by atoms with Crippen LogP contribution in [0.2, 0.25) is 0 Å². The second kappa shape index (κ2) is 4.86. The summed E-state index contributed by atoms with van der Waals surface area (Å²) in [4.78, 5) is 2.68. The fourth-order valence-corrected chi connectivity index (χ4v) is 2.08. The molecule has 1 aliphatic rings. The molecule has 1 heterocycles.